The quantitative estimate of drug-likeness (QED) is 0.181. The lowest BCUT2D eigenvalue weighted by atomic mass is 9.99. The molecule has 0 aliphatic heterocycles. The zero-order valence-corrected chi connectivity index (χ0v) is 22.4. The van der Waals surface area contributed by atoms with Crippen LogP contribution >= 0.6 is 11.6 Å². The third-order valence-corrected chi connectivity index (χ3v) is 7.01. The Morgan fingerprint density at radius 1 is 0.837 bits per heavy atom. The van der Waals surface area contributed by atoms with Crippen molar-refractivity contribution in [2.24, 2.45) is 0 Å². The molecule has 43 heavy (non-hydrogen) atoms. The molecular formula is C27H18ClF5N10. The number of benzene rings is 2. The summed E-state index contributed by atoms with van der Waals surface area (Å²) in [5.74, 6) is -0.694. The van der Waals surface area contributed by atoms with Crippen molar-refractivity contribution in [1.82, 2.24) is 50.0 Å². The second-order valence-electron chi connectivity index (χ2n) is 9.29. The number of nitrogens with zero attached hydrogens (tertiary/aromatic N) is 10. The number of hydrogen-bond donors (Lipinski definition) is 0. The molecule has 2 aromatic carbocycles. The van der Waals surface area contributed by atoms with Crippen LogP contribution in [0.2, 0.25) is 5.02 Å². The van der Waals surface area contributed by atoms with Crippen molar-refractivity contribution in [3.63, 3.8) is 0 Å². The van der Waals surface area contributed by atoms with E-state index in [1.165, 1.54) is 58.7 Å². The van der Waals surface area contributed by atoms with Crippen LogP contribution in [0.4, 0.5) is 22.0 Å². The third kappa shape index (κ3) is 5.58. The normalized spacial score (nSPS) is 12.4. The molecule has 218 valence electrons. The molecule has 0 spiro atoms. The van der Waals surface area contributed by atoms with Crippen LogP contribution in [-0.4, -0.2) is 50.0 Å². The van der Waals surface area contributed by atoms with Crippen molar-refractivity contribution < 1.29 is 22.0 Å². The maximum Gasteiger partial charge on any atom is 0.335 e. The fourth-order valence-electron chi connectivity index (χ4n) is 4.62. The van der Waals surface area contributed by atoms with Gasteiger partial charge in [0.25, 0.3) is 6.43 Å². The highest BCUT2D eigenvalue weighted by Gasteiger charge is 2.23. The Labute approximate surface area is 244 Å². The van der Waals surface area contributed by atoms with Gasteiger partial charge in [0.05, 0.1) is 40.5 Å². The SMILES string of the molecule is Fc1c(Cl)ccc(-n2cnnn2)c1-c1ccc(C(Cc2ccc(C(F)F)cc2)n2cc(-c3cnnn3C(F)F)cn2)nc1. The highest BCUT2D eigenvalue weighted by molar-refractivity contribution is 6.31. The lowest BCUT2D eigenvalue weighted by Gasteiger charge is -2.19. The van der Waals surface area contributed by atoms with Gasteiger partial charge >= 0.3 is 6.55 Å². The summed E-state index contributed by atoms with van der Waals surface area (Å²) in [4.78, 5) is 4.58. The smallest absolute Gasteiger partial charge is 0.263 e. The number of tetrazole rings is 1. The Hall–Kier alpha value is -5.05. The van der Waals surface area contributed by atoms with Crippen LogP contribution in [0.15, 0.2) is 79.6 Å². The molecule has 6 rings (SSSR count). The van der Waals surface area contributed by atoms with E-state index in [-0.39, 0.29) is 28.3 Å². The third-order valence-electron chi connectivity index (χ3n) is 6.72. The fourth-order valence-corrected chi connectivity index (χ4v) is 4.78. The molecule has 16 heteroatoms. The van der Waals surface area contributed by atoms with Gasteiger partial charge in [-0.3, -0.25) is 9.67 Å². The molecule has 6 aromatic rings. The summed E-state index contributed by atoms with van der Waals surface area (Å²) in [6.45, 7) is -2.91. The molecule has 0 aliphatic carbocycles. The highest BCUT2D eigenvalue weighted by atomic mass is 35.5. The van der Waals surface area contributed by atoms with Gasteiger partial charge in [-0.2, -0.15) is 23.2 Å². The van der Waals surface area contributed by atoms with Crippen LogP contribution in [0.25, 0.3) is 28.1 Å². The lowest BCUT2D eigenvalue weighted by molar-refractivity contribution is 0.0565. The van der Waals surface area contributed by atoms with Crippen LogP contribution in [0.3, 0.4) is 0 Å². The van der Waals surface area contributed by atoms with Crippen LogP contribution in [-0.2, 0) is 6.42 Å². The first-order valence-corrected chi connectivity index (χ1v) is 13.0. The molecule has 0 bridgehead atoms. The number of hydrogen-bond acceptors (Lipinski definition) is 7. The van der Waals surface area contributed by atoms with E-state index in [1.54, 1.807) is 30.3 Å². The zero-order chi connectivity index (χ0) is 30.1. The van der Waals surface area contributed by atoms with Crippen molar-refractivity contribution in [2.45, 2.75) is 25.4 Å². The van der Waals surface area contributed by atoms with Gasteiger partial charge in [-0.1, -0.05) is 47.1 Å². The Kier molecular flexibility index (Phi) is 7.63. The Bertz CT molecular complexity index is 1840. The van der Waals surface area contributed by atoms with E-state index in [4.69, 9.17) is 11.6 Å². The van der Waals surface area contributed by atoms with E-state index in [9.17, 15) is 17.6 Å². The Morgan fingerprint density at radius 3 is 2.33 bits per heavy atom. The van der Waals surface area contributed by atoms with E-state index in [0.29, 0.717) is 32.8 Å². The average molecular weight is 613 g/mol. The summed E-state index contributed by atoms with van der Waals surface area (Å²) in [6.07, 6.45) is 4.52. The van der Waals surface area contributed by atoms with Crippen molar-refractivity contribution in [1.29, 1.82) is 0 Å². The number of rotatable bonds is 9. The molecule has 0 amide bonds. The summed E-state index contributed by atoms with van der Waals surface area (Å²) in [5, 5.41) is 22.3. The fraction of sp³-hybridized carbons (Fsp3) is 0.148. The number of aromatic nitrogens is 10. The first kappa shape index (κ1) is 28.1. The van der Waals surface area contributed by atoms with Crippen molar-refractivity contribution in [3.05, 3.63) is 107 Å². The molecule has 0 saturated carbocycles. The molecular weight excluding hydrogens is 595 g/mol. The van der Waals surface area contributed by atoms with E-state index in [0.717, 1.165) is 0 Å². The summed E-state index contributed by atoms with van der Waals surface area (Å²) in [6, 6.07) is 11.4. The lowest BCUT2D eigenvalue weighted by Crippen LogP contribution is -2.16. The van der Waals surface area contributed by atoms with Gasteiger partial charge in [-0.05, 0) is 34.2 Å². The maximum atomic E-state index is 15.3. The first-order chi connectivity index (χ1) is 20.8. The van der Waals surface area contributed by atoms with Gasteiger partial charge in [-0.25, -0.2) is 13.2 Å². The summed E-state index contributed by atoms with van der Waals surface area (Å²) in [5.41, 5.74) is 2.25. The number of halogens is 6. The second kappa shape index (κ2) is 11.7. The minimum absolute atomic E-state index is 0.0520. The van der Waals surface area contributed by atoms with Crippen LogP contribution in [0.5, 0.6) is 0 Å². The Balaban J connectivity index is 1.39. The summed E-state index contributed by atoms with van der Waals surface area (Å²) >= 11 is 6.08. The molecule has 1 unspecified atom stereocenters. The number of pyridine rings is 1. The average Bonchev–Trinajstić information content (AvgIpc) is 3.80. The topological polar surface area (TPSA) is 105 Å². The van der Waals surface area contributed by atoms with Gasteiger partial charge in [0.15, 0.2) is 5.82 Å². The maximum absolute atomic E-state index is 15.3. The molecule has 0 aliphatic rings. The first-order valence-electron chi connectivity index (χ1n) is 12.6. The highest BCUT2D eigenvalue weighted by Crippen LogP contribution is 2.34. The van der Waals surface area contributed by atoms with Crippen molar-refractivity contribution in [3.8, 4) is 28.1 Å². The predicted octanol–water partition coefficient (Wildman–Crippen LogP) is 6.14. The molecule has 0 fully saturated rings. The summed E-state index contributed by atoms with van der Waals surface area (Å²) in [7, 11) is 0. The van der Waals surface area contributed by atoms with Crippen LogP contribution < -0.4 is 0 Å². The minimum atomic E-state index is -2.91. The largest absolute Gasteiger partial charge is 0.335 e. The minimum Gasteiger partial charge on any atom is -0.263 e. The van der Waals surface area contributed by atoms with E-state index in [2.05, 4.69) is 35.9 Å². The summed E-state index contributed by atoms with van der Waals surface area (Å²) < 4.78 is 71.7. The molecule has 1 atom stereocenters. The zero-order valence-electron chi connectivity index (χ0n) is 21.7. The molecule has 4 aromatic heterocycles. The number of alkyl halides is 4. The predicted molar refractivity (Wildman–Crippen MR) is 143 cm³/mol. The standard InChI is InChI=1S/C27H18ClF5N10/c28-19-6-8-21(42-14-36-38-40-42)24(25(19)29)17-5-7-20(34-10-17)22(9-15-1-3-16(4-2-15)26(30)31)41-13-18(11-37-41)23-12-35-39-43(23)27(32)33/h1-8,10-14,22,26-27H,9H2. The molecule has 4 heterocycles. The van der Waals surface area contributed by atoms with Gasteiger partial charge < -0.3 is 0 Å². The van der Waals surface area contributed by atoms with E-state index in [1.807, 2.05) is 0 Å². The van der Waals surface area contributed by atoms with Crippen molar-refractivity contribution in [2.75, 3.05) is 0 Å². The Morgan fingerprint density at radius 2 is 1.65 bits per heavy atom. The molecule has 10 nitrogen and oxygen atoms in total. The molecule has 0 radical (unpaired) electrons. The van der Waals surface area contributed by atoms with E-state index < -0.39 is 24.8 Å². The molecule has 0 N–H and O–H groups in total. The van der Waals surface area contributed by atoms with Crippen molar-refractivity contribution >= 4 is 11.6 Å². The monoisotopic (exact) mass is 612 g/mol. The second-order valence-corrected chi connectivity index (χ2v) is 9.70. The van der Waals surface area contributed by atoms with E-state index >= 15 is 4.39 Å². The van der Waals surface area contributed by atoms with Gasteiger partial charge in [-0.15, -0.1) is 10.2 Å². The molecule has 0 saturated heterocycles. The van der Waals surface area contributed by atoms with Gasteiger partial charge in [0.2, 0.25) is 0 Å². The van der Waals surface area contributed by atoms with Gasteiger partial charge in [0.1, 0.15) is 6.33 Å². The van der Waals surface area contributed by atoms with Crippen LogP contribution in [0, 0.1) is 5.82 Å². The van der Waals surface area contributed by atoms with Crippen LogP contribution in [0.1, 0.15) is 35.8 Å². The van der Waals surface area contributed by atoms with Gasteiger partial charge in [0, 0.05) is 41.1 Å².